The number of ether oxygens (including phenoxy) is 2. The first-order valence-corrected chi connectivity index (χ1v) is 25.8. The number of esters is 2. The van der Waals surface area contributed by atoms with Crippen molar-refractivity contribution in [3.63, 3.8) is 0 Å². The second-order valence-electron chi connectivity index (χ2n) is 16.3. The third kappa shape index (κ3) is 28.6. The van der Waals surface area contributed by atoms with E-state index >= 15 is 0 Å². The monoisotopic (exact) mass is 906 g/mol. The van der Waals surface area contributed by atoms with Crippen molar-refractivity contribution in [2.45, 2.75) is 229 Å². The van der Waals surface area contributed by atoms with Crippen LogP contribution in [-0.2, 0) is 41.8 Å². The fraction of sp³-hybridized carbons (Fsp3) is 0.951. The molecule has 4 unspecified atom stereocenters. The molecular formula is C41H81NO16P2. The number of carbonyl (C=O) groups excluding carboxylic acids is 2. The van der Waals surface area contributed by atoms with Gasteiger partial charge in [0.25, 0.3) is 0 Å². The summed E-state index contributed by atoms with van der Waals surface area (Å²) in [4.78, 5) is 54.1. The van der Waals surface area contributed by atoms with E-state index in [0.717, 1.165) is 64.3 Å². The van der Waals surface area contributed by atoms with E-state index in [4.69, 9.17) is 34.0 Å². The van der Waals surface area contributed by atoms with Gasteiger partial charge in [-0.3, -0.25) is 23.2 Å². The Hall–Kier alpha value is -1.04. The van der Waals surface area contributed by atoms with Gasteiger partial charge < -0.3 is 50.3 Å². The molecule has 356 valence electrons. The van der Waals surface area contributed by atoms with Gasteiger partial charge in [-0.2, -0.15) is 0 Å². The van der Waals surface area contributed by atoms with Crippen LogP contribution >= 0.6 is 15.6 Å². The number of phosphoric ester groups is 2. The van der Waals surface area contributed by atoms with Crippen LogP contribution in [0.2, 0.25) is 0 Å². The lowest BCUT2D eigenvalue weighted by atomic mass is 9.85. The Kier molecular flexibility index (Phi) is 32.6. The smallest absolute Gasteiger partial charge is 0.462 e. The standard InChI is InChI=1S/C41H81NO16P2/c1-2-3-4-5-6-7-8-10-14-17-20-23-26-29-35(44)56-33(31-54-34(43)28-25-22-19-16-13-11-9-12-15-18-21-24-27-30-42)32-55-60(52,53)58-41-38(47)36(45)37(46)40(39(41)48)57-59(49,50)51/h33,36-41,45-48H,2-32,42H2,1H3,(H,52,53)(H2,49,50,51)/t33-,36+,37?,38+,39?,40-,41?/m1/s1. The first-order valence-electron chi connectivity index (χ1n) is 22.8. The normalized spacial score (nSPS) is 22.4. The fourth-order valence-electron chi connectivity index (χ4n) is 7.22. The summed E-state index contributed by atoms with van der Waals surface area (Å²) < 4.78 is 49.3. The summed E-state index contributed by atoms with van der Waals surface area (Å²) in [6, 6.07) is 0. The molecule has 9 N–H and O–H groups in total. The first kappa shape index (κ1) is 57.0. The molecule has 0 heterocycles. The molecule has 0 aromatic rings. The Labute approximate surface area is 358 Å². The van der Waals surface area contributed by atoms with Gasteiger partial charge in [0.05, 0.1) is 6.61 Å². The average Bonchev–Trinajstić information content (AvgIpc) is 3.20. The molecule has 1 fully saturated rings. The summed E-state index contributed by atoms with van der Waals surface area (Å²) in [6.45, 7) is 1.64. The molecule has 0 aliphatic heterocycles. The molecule has 0 aromatic heterocycles. The predicted molar refractivity (Wildman–Crippen MR) is 226 cm³/mol. The molecule has 60 heavy (non-hydrogen) atoms. The van der Waals surface area contributed by atoms with E-state index in [1.54, 1.807) is 0 Å². The van der Waals surface area contributed by atoms with Crippen molar-refractivity contribution in [3.8, 4) is 0 Å². The van der Waals surface area contributed by atoms with Gasteiger partial charge in [0, 0.05) is 12.8 Å². The van der Waals surface area contributed by atoms with Crippen LogP contribution in [0.4, 0.5) is 0 Å². The number of nitrogens with two attached hydrogens (primary N) is 1. The van der Waals surface area contributed by atoms with Crippen LogP contribution in [0, 0.1) is 0 Å². The quantitative estimate of drug-likeness (QED) is 0.0179. The SMILES string of the molecule is CCCCCCCCCCCCCCCC(=O)O[C@H](COC(=O)CCCCCCCCCCCCCCCN)COP(=O)(O)OC1C(O)[C@H](OP(=O)(O)O)C(O)[C@H](O)[C@@H]1O. The number of hydrogen-bond donors (Lipinski definition) is 8. The maximum absolute atomic E-state index is 12.9. The van der Waals surface area contributed by atoms with Gasteiger partial charge in [-0.25, -0.2) is 9.13 Å². The average molecular weight is 906 g/mol. The van der Waals surface area contributed by atoms with E-state index in [9.17, 15) is 44.0 Å². The van der Waals surface area contributed by atoms with Gasteiger partial charge in [-0.1, -0.05) is 155 Å². The van der Waals surface area contributed by atoms with Gasteiger partial charge in [0.2, 0.25) is 0 Å². The van der Waals surface area contributed by atoms with Crippen molar-refractivity contribution in [2.24, 2.45) is 5.73 Å². The van der Waals surface area contributed by atoms with Crippen LogP contribution < -0.4 is 5.73 Å². The van der Waals surface area contributed by atoms with E-state index in [0.29, 0.717) is 12.8 Å². The lowest BCUT2D eigenvalue weighted by Crippen LogP contribution is -2.64. The van der Waals surface area contributed by atoms with Crippen molar-refractivity contribution in [1.82, 2.24) is 0 Å². The molecule has 1 saturated carbocycles. The highest BCUT2D eigenvalue weighted by molar-refractivity contribution is 7.47. The lowest BCUT2D eigenvalue weighted by molar-refractivity contribution is -0.216. The predicted octanol–water partition coefficient (Wildman–Crippen LogP) is 6.78. The third-order valence-corrected chi connectivity index (χ3v) is 12.3. The molecule has 0 saturated heterocycles. The molecule has 19 heteroatoms. The second kappa shape index (κ2) is 34.4. The number of aliphatic hydroxyl groups is 4. The van der Waals surface area contributed by atoms with Crippen molar-refractivity contribution < 1.29 is 76.9 Å². The van der Waals surface area contributed by atoms with Gasteiger partial charge in [-0.05, 0) is 25.8 Å². The Morgan fingerprint density at radius 3 is 1.32 bits per heavy atom. The topological polar surface area (TPSA) is 282 Å². The van der Waals surface area contributed by atoms with Crippen LogP contribution in [0.5, 0.6) is 0 Å². The van der Waals surface area contributed by atoms with Crippen LogP contribution in [0.3, 0.4) is 0 Å². The number of aliphatic hydroxyl groups excluding tert-OH is 4. The summed E-state index contributed by atoms with van der Waals surface area (Å²) in [5, 5.41) is 41.2. The van der Waals surface area contributed by atoms with Crippen LogP contribution in [-0.4, -0.2) is 110 Å². The van der Waals surface area contributed by atoms with Crippen molar-refractivity contribution in [1.29, 1.82) is 0 Å². The van der Waals surface area contributed by atoms with E-state index in [1.807, 2.05) is 0 Å². The van der Waals surface area contributed by atoms with Crippen LogP contribution in [0.1, 0.15) is 187 Å². The fourth-order valence-corrected chi connectivity index (χ4v) is 8.75. The number of carbonyl (C=O) groups is 2. The zero-order chi connectivity index (χ0) is 44.7. The largest absolute Gasteiger partial charge is 0.472 e. The Bertz CT molecular complexity index is 1200. The second-order valence-corrected chi connectivity index (χ2v) is 18.9. The summed E-state index contributed by atoms with van der Waals surface area (Å²) in [5.41, 5.74) is 5.53. The minimum absolute atomic E-state index is 0.0480. The van der Waals surface area contributed by atoms with E-state index in [1.165, 1.54) is 96.3 Å². The molecule has 0 aromatic carbocycles. The highest BCUT2D eigenvalue weighted by Crippen LogP contribution is 2.49. The Morgan fingerprint density at radius 1 is 0.517 bits per heavy atom. The number of phosphoric acid groups is 2. The Morgan fingerprint density at radius 2 is 0.900 bits per heavy atom. The minimum Gasteiger partial charge on any atom is -0.462 e. The summed E-state index contributed by atoms with van der Waals surface area (Å²) in [6.07, 6.45) is 14.4. The molecule has 0 bridgehead atoms. The number of unbranched alkanes of at least 4 members (excludes halogenated alkanes) is 24. The maximum Gasteiger partial charge on any atom is 0.472 e. The molecule has 0 amide bonds. The van der Waals surface area contributed by atoms with E-state index in [-0.39, 0.29) is 12.8 Å². The lowest BCUT2D eigenvalue weighted by Gasteiger charge is -2.43. The molecule has 1 aliphatic rings. The third-order valence-electron chi connectivity index (χ3n) is 10.8. The van der Waals surface area contributed by atoms with Gasteiger partial charge in [0.1, 0.15) is 43.2 Å². The molecule has 0 spiro atoms. The molecule has 8 atom stereocenters. The van der Waals surface area contributed by atoms with Crippen molar-refractivity contribution >= 4 is 27.6 Å². The summed E-state index contributed by atoms with van der Waals surface area (Å²) >= 11 is 0. The molecular weight excluding hydrogens is 824 g/mol. The van der Waals surface area contributed by atoms with Crippen molar-refractivity contribution in [3.05, 3.63) is 0 Å². The zero-order valence-corrected chi connectivity index (χ0v) is 38.0. The highest BCUT2D eigenvalue weighted by Gasteiger charge is 2.54. The maximum atomic E-state index is 12.9. The molecule has 1 rings (SSSR count). The molecule has 0 radical (unpaired) electrons. The first-order chi connectivity index (χ1) is 28.6. The van der Waals surface area contributed by atoms with Crippen molar-refractivity contribution in [2.75, 3.05) is 19.8 Å². The van der Waals surface area contributed by atoms with Crippen LogP contribution in [0.25, 0.3) is 0 Å². The van der Waals surface area contributed by atoms with E-state index in [2.05, 4.69) is 11.4 Å². The minimum atomic E-state index is -5.36. The zero-order valence-electron chi connectivity index (χ0n) is 36.2. The van der Waals surface area contributed by atoms with E-state index < -0.39 is 83.5 Å². The summed E-state index contributed by atoms with van der Waals surface area (Å²) in [7, 11) is -10.7. The molecule has 17 nitrogen and oxygen atoms in total. The highest BCUT2D eigenvalue weighted by atomic mass is 31.2. The Balaban J connectivity index is 2.60. The molecule has 1 aliphatic carbocycles. The number of hydrogen-bond acceptors (Lipinski definition) is 14. The summed E-state index contributed by atoms with van der Waals surface area (Å²) in [5.74, 6) is -1.20. The van der Waals surface area contributed by atoms with Gasteiger partial charge in [0.15, 0.2) is 6.10 Å². The van der Waals surface area contributed by atoms with Crippen LogP contribution in [0.15, 0.2) is 0 Å². The van der Waals surface area contributed by atoms with Gasteiger partial charge in [-0.15, -0.1) is 0 Å². The number of rotatable bonds is 39. The van der Waals surface area contributed by atoms with Gasteiger partial charge >= 0.3 is 27.6 Å².